The Kier molecular flexibility index (Phi) is 4.83. The molecule has 0 radical (unpaired) electrons. The maximum Gasteiger partial charge on any atom is 0.208 e. The van der Waals surface area contributed by atoms with E-state index in [1.54, 1.807) is 7.11 Å². The average Bonchev–Trinajstić information content (AvgIpc) is 2.75. The summed E-state index contributed by atoms with van der Waals surface area (Å²) in [4.78, 5) is 4.36. The maximum atomic E-state index is 5.56. The molecule has 1 N–H and O–H groups in total. The third-order valence-corrected chi connectivity index (χ3v) is 3.93. The molecule has 1 atom stereocenters. The molecular formula is C15H19BrN2O2. The van der Waals surface area contributed by atoms with Gasteiger partial charge in [0.15, 0.2) is 0 Å². The Labute approximate surface area is 127 Å². The highest BCUT2D eigenvalue weighted by atomic mass is 79.9. The van der Waals surface area contributed by atoms with Crippen molar-refractivity contribution in [1.82, 2.24) is 10.3 Å². The minimum absolute atomic E-state index is 0.199. The maximum absolute atomic E-state index is 5.56. The van der Waals surface area contributed by atoms with Gasteiger partial charge < -0.3 is 14.5 Å². The van der Waals surface area contributed by atoms with E-state index in [0.717, 1.165) is 27.6 Å². The summed E-state index contributed by atoms with van der Waals surface area (Å²) in [7, 11) is 1.66. The number of benzene rings is 1. The number of nitrogens with zero attached hydrogens (tertiary/aromatic N) is 1. The van der Waals surface area contributed by atoms with Gasteiger partial charge in [-0.2, -0.15) is 0 Å². The zero-order valence-corrected chi connectivity index (χ0v) is 13.7. The number of oxazole rings is 1. The van der Waals surface area contributed by atoms with Gasteiger partial charge in [-0.05, 0) is 54.4 Å². The Hall–Kier alpha value is -1.33. The van der Waals surface area contributed by atoms with Crippen LogP contribution >= 0.6 is 15.9 Å². The summed E-state index contributed by atoms with van der Waals surface area (Å²) in [6, 6.07) is 6.26. The van der Waals surface area contributed by atoms with Gasteiger partial charge in [0, 0.05) is 6.04 Å². The highest BCUT2D eigenvalue weighted by Crippen LogP contribution is 2.28. The van der Waals surface area contributed by atoms with Crippen LogP contribution in [0.4, 0.5) is 0 Å². The Morgan fingerprint density at radius 2 is 2.15 bits per heavy atom. The summed E-state index contributed by atoms with van der Waals surface area (Å²) >= 11 is 3.50. The summed E-state index contributed by atoms with van der Waals surface area (Å²) in [6.45, 7) is 6.60. The second-order valence-corrected chi connectivity index (χ2v) is 5.60. The molecule has 2 aromatic rings. The lowest BCUT2D eigenvalue weighted by atomic mass is 10.1. The van der Waals surface area contributed by atoms with Crippen molar-refractivity contribution in [2.24, 2.45) is 0 Å². The number of hydrogen-bond acceptors (Lipinski definition) is 4. The first-order valence-electron chi connectivity index (χ1n) is 6.51. The largest absolute Gasteiger partial charge is 0.496 e. The molecule has 1 unspecified atom stereocenters. The third-order valence-electron chi connectivity index (χ3n) is 3.31. The fraction of sp³-hybridized carbons (Fsp3) is 0.400. The first-order chi connectivity index (χ1) is 9.51. The summed E-state index contributed by atoms with van der Waals surface area (Å²) in [5.74, 6) is 2.43. The number of rotatable bonds is 5. The van der Waals surface area contributed by atoms with Gasteiger partial charge in [-0.25, -0.2) is 4.98 Å². The Morgan fingerprint density at radius 3 is 2.70 bits per heavy atom. The molecule has 0 fully saturated rings. The van der Waals surface area contributed by atoms with Crippen LogP contribution in [0.1, 0.15) is 35.9 Å². The molecule has 0 aliphatic rings. The van der Waals surface area contributed by atoms with Crippen LogP contribution in [0.15, 0.2) is 27.1 Å². The fourth-order valence-electron chi connectivity index (χ4n) is 1.93. The number of nitrogens with one attached hydrogen (secondary N) is 1. The van der Waals surface area contributed by atoms with E-state index in [1.165, 1.54) is 5.56 Å². The molecule has 0 aliphatic carbocycles. The smallest absolute Gasteiger partial charge is 0.208 e. The van der Waals surface area contributed by atoms with Gasteiger partial charge in [0.1, 0.15) is 11.5 Å². The van der Waals surface area contributed by atoms with E-state index in [2.05, 4.69) is 39.2 Å². The quantitative estimate of drug-likeness (QED) is 0.897. The van der Waals surface area contributed by atoms with Crippen LogP contribution in [0, 0.1) is 13.8 Å². The predicted molar refractivity (Wildman–Crippen MR) is 81.9 cm³/mol. The molecule has 2 rings (SSSR count). The van der Waals surface area contributed by atoms with Crippen molar-refractivity contribution in [3.8, 4) is 5.75 Å². The monoisotopic (exact) mass is 338 g/mol. The van der Waals surface area contributed by atoms with Crippen molar-refractivity contribution >= 4 is 15.9 Å². The zero-order chi connectivity index (χ0) is 14.7. The van der Waals surface area contributed by atoms with Gasteiger partial charge in [-0.1, -0.05) is 6.07 Å². The second-order valence-electron chi connectivity index (χ2n) is 4.75. The van der Waals surface area contributed by atoms with Gasteiger partial charge >= 0.3 is 0 Å². The van der Waals surface area contributed by atoms with Crippen LogP contribution in [0.3, 0.4) is 0 Å². The summed E-state index contributed by atoms with van der Waals surface area (Å²) in [5, 5.41) is 3.40. The van der Waals surface area contributed by atoms with Gasteiger partial charge in [0.2, 0.25) is 5.89 Å². The van der Waals surface area contributed by atoms with Crippen LogP contribution in [0.2, 0.25) is 0 Å². The molecule has 4 nitrogen and oxygen atoms in total. The van der Waals surface area contributed by atoms with Crippen LogP contribution in [0.25, 0.3) is 0 Å². The first-order valence-corrected chi connectivity index (χ1v) is 7.30. The molecule has 1 aromatic carbocycles. The van der Waals surface area contributed by atoms with Crippen molar-refractivity contribution in [3.63, 3.8) is 0 Å². The lowest BCUT2D eigenvalue weighted by molar-refractivity contribution is 0.411. The molecular weight excluding hydrogens is 320 g/mol. The van der Waals surface area contributed by atoms with Crippen LogP contribution in [-0.4, -0.2) is 12.1 Å². The van der Waals surface area contributed by atoms with E-state index < -0.39 is 0 Å². The lowest BCUT2D eigenvalue weighted by Crippen LogP contribution is -2.18. The number of aryl methyl sites for hydroxylation is 2. The van der Waals surface area contributed by atoms with Crippen LogP contribution < -0.4 is 10.1 Å². The highest BCUT2D eigenvalue weighted by Gasteiger charge is 2.10. The molecule has 0 amide bonds. The molecule has 1 heterocycles. The summed E-state index contributed by atoms with van der Waals surface area (Å²) < 4.78 is 11.7. The molecule has 0 bridgehead atoms. The minimum atomic E-state index is 0.199. The number of methoxy groups -OCH3 is 1. The number of aromatic nitrogens is 1. The van der Waals surface area contributed by atoms with E-state index in [4.69, 9.17) is 9.15 Å². The summed E-state index contributed by atoms with van der Waals surface area (Å²) in [5.41, 5.74) is 2.12. The second kappa shape index (κ2) is 6.41. The van der Waals surface area contributed by atoms with Gasteiger partial charge in [0.05, 0.1) is 23.8 Å². The van der Waals surface area contributed by atoms with Crippen molar-refractivity contribution in [3.05, 3.63) is 45.6 Å². The van der Waals surface area contributed by atoms with Crippen LogP contribution in [0.5, 0.6) is 5.75 Å². The molecule has 0 saturated carbocycles. The molecule has 108 valence electrons. The van der Waals surface area contributed by atoms with Crippen molar-refractivity contribution in [2.45, 2.75) is 33.4 Å². The highest BCUT2D eigenvalue weighted by molar-refractivity contribution is 9.10. The molecule has 0 saturated heterocycles. The van der Waals surface area contributed by atoms with E-state index in [1.807, 2.05) is 26.0 Å². The number of hydrogen-bond donors (Lipinski definition) is 1. The molecule has 20 heavy (non-hydrogen) atoms. The molecule has 1 aromatic heterocycles. The van der Waals surface area contributed by atoms with Crippen molar-refractivity contribution in [1.29, 1.82) is 0 Å². The first kappa shape index (κ1) is 15.1. The Bertz CT molecular complexity index is 576. The van der Waals surface area contributed by atoms with E-state index >= 15 is 0 Å². The van der Waals surface area contributed by atoms with Crippen LogP contribution in [-0.2, 0) is 6.54 Å². The third kappa shape index (κ3) is 3.41. The van der Waals surface area contributed by atoms with Crippen molar-refractivity contribution in [2.75, 3.05) is 7.11 Å². The molecule has 0 aliphatic heterocycles. The van der Waals surface area contributed by atoms with Gasteiger partial charge in [-0.15, -0.1) is 0 Å². The minimum Gasteiger partial charge on any atom is -0.496 e. The van der Waals surface area contributed by atoms with Gasteiger partial charge in [-0.3, -0.25) is 0 Å². The Balaban J connectivity index is 2.01. The lowest BCUT2D eigenvalue weighted by Gasteiger charge is -2.14. The van der Waals surface area contributed by atoms with E-state index in [9.17, 15) is 0 Å². The number of halogens is 1. The standard InChI is InChI=1S/C15H19BrN2O2/c1-9-11(3)20-15(18-9)8-17-10(2)12-5-6-14(19-4)13(16)7-12/h5-7,10,17H,8H2,1-4H3. The fourth-order valence-corrected chi connectivity index (χ4v) is 2.48. The molecule has 0 spiro atoms. The molecule has 5 heteroatoms. The van der Waals surface area contributed by atoms with E-state index in [-0.39, 0.29) is 6.04 Å². The van der Waals surface area contributed by atoms with Crippen molar-refractivity contribution < 1.29 is 9.15 Å². The topological polar surface area (TPSA) is 47.3 Å². The van der Waals surface area contributed by atoms with Gasteiger partial charge in [0.25, 0.3) is 0 Å². The number of ether oxygens (including phenoxy) is 1. The Morgan fingerprint density at radius 1 is 1.40 bits per heavy atom. The zero-order valence-electron chi connectivity index (χ0n) is 12.2. The predicted octanol–water partition coefficient (Wildman–Crippen LogP) is 3.91. The van der Waals surface area contributed by atoms with E-state index in [0.29, 0.717) is 6.54 Å². The summed E-state index contributed by atoms with van der Waals surface area (Å²) in [6.07, 6.45) is 0. The average molecular weight is 339 g/mol. The SMILES string of the molecule is COc1ccc(C(C)NCc2nc(C)c(C)o2)cc1Br. The normalized spacial score (nSPS) is 12.4.